The predicted octanol–water partition coefficient (Wildman–Crippen LogP) is 1.34. The number of nitrogens with zero attached hydrogens (tertiary/aromatic N) is 3. The van der Waals surface area contributed by atoms with Gasteiger partial charge in [0.15, 0.2) is 0 Å². The van der Waals surface area contributed by atoms with Crippen LogP contribution in [0.25, 0.3) is 0 Å². The van der Waals surface area contributed by atoms with Crippen LogP contribution in [0.1, 0.15) is 33.7 Å². The minimum atomic E-state index is -0.550. The third kappa shape index (κ3) is 4.40. The second-order valence-corrected chi connectivity index (χ2v) is 5.58. The highest BCUT2D eigenvalue weighted by molar-refractivity contribution is 5.95. The van der Waals surface area contributed by atoms with Crippen molar-refractivity contribution in [2.75, 3.05) is 0 Å². The zero-order chi connectivity index (χ0) is 18.6. The highest BCUT2D eigenvalue weighted by atomic mass is 16.6. The van der Waals surface area contributed by atoms with Gasteiger partial charge in [-0.2, -0.15) is 5.10 Å². The van der Waals surface area contributed by atoms with Crippen LogP contribution in [0.2, 0.25) is 0 Å². The number of nitro benzene ring substituents is 1. The SMILES string of the molecule is Cc1nn(C)c(C)c1CCC(=O)NNC(=O)c1ccc([N+](=O)[O-])cc1. The molecular formula is C16H19N5O4. The minimum absolute atomic E-state index is 0.109. The molecule has 0 unspecified atom stereocenters. The van der Waals surface area contributed by atoms with Gasteiger partial charge < -0.3 is 0 Å². The number of benzene rings is 1. The van der Waals surface area contributed by atoms with Crippen molar-refractivity contribution in [1.82, 2.24) is 20.6 Å². The number of nitro groups is 1. The van der Waals surface area contributed by atoms with Gasteiger partial charge >= 0.3 is 0 Å². The van der Waals surface area contributed by atoms with Crippen LogP contribution in [-0.2, 0) is 18.3 Å². The van der Waals surface area contributed by atoms with Gasteiger partial charge in [-0.05, 0) is 38.0 Å². The third-order valence-electron chi connectivity index (χ3n) is 3.92. The van der Waals surface area contributed by atoms with Crippen LogP contribution < -0.4 is 10.9 Å². The minimum Gasteiger partial charge on any atom is -0.273 e. The first-order valence-electron chi connectivity index (χ1n) is 7.62. The van der Waals surface area contributed by atoms with Crippen LogP contribution in [0, 0.1) is 24.0 Å². The number of aromatic nitrogens is 2. The van der Waals surface area contributed by atoms with Gasteiger partial charge in [0.05, 0.1) is 10.6 Å². The highest BCUT2D eigenvalue weighted by Crippen LogP contribution is 2.14. The van der Waals surface area contributed by atoms with Crippen molar-refractivity contribution in [1.29, 1.82) is 0 Å². The summed E-state index contributed by atoms with van der Waals surface area (Å²) in [5.41, 5.74) is 7.62. The normalized spacial score (nSPS) is 10.4. The van der Waals surface area contributed by atoms with Crippen LogP contribution in [0.15, 0.2) is 24.3 Å². The Morgan fingerprint density at radius 1 is 1.20 bits per heavy atom. The molecule has 2 rings (SSSR count). The molecule has 132 valence electrons. The van der Waals surface area contributed by atoms with Gasteiger partial charge in [0.25, 0.3) is 11.6 Å². The van der Waals surface area contributed by atoms with E-state index in [1.54, 1.807) is 4.68 Å². The first-order chi connectivity index (χ1) is 11.8. The summed E-state index contributed by atoms with van der Waals surface area (Å²) in [6, 6.07) is 5.10. The number of rotatable bonds is 5. The maximum atomic E-state index is 11.9. The lowest BCUT2D eigenvalue weighted by molar-refractivity contribution is -0.384. The van der Waals surface area contributed by atoms with Crippen LogP contribution in [0.3, 0.4) is 0 Å². The van der Waals surface area contributed by atoms with E-state index in [0.29, 0.717) is 6.42 Å². The Kier molecular flexibility index (Phi) is 5.48. The van der Waals surface area contributed by atoms with E-state index in [-0.39, 0.29) is 23.6 Å². The molecule has 1 aromatic carbocycles. The van der Waals surface area contributed by atoms with Crippen molar-refractivity contribution in [2.24, 2.45) is 7.05 Å². The number of carbonyl (C=O) groups excluding carboxylic acids is 2. The molecule has 0 atom stereocenters. The van der Waals surface area contributed by atoms with Crippen molar-refractivity contribution in [3.05, 3.63) is 56.9 Å². The summed E-state index contributed by atoms with van der Waals surface area (Å²) in [6.07, 6.45) is 0.721. The van der Waals surface area contributed by atoms with Crippen LogP contribution >= 0.6 is 0 Å². The zero-order valence-corrected chi connectivity index (χ0v) is 14.2. The van der Waals surface area contributed by atoms with E-state index < -0.39 is 10.8 Å². The number of hydrogen-bond acceptors (Lipinski definition) is 5. The maximum absolute atomic E-state index is 11.9. The topological polar surface area (TPSA) is 119 Å². The van der Waals surface area contributed by atoms with E-state index in [9.17, 15) is 19.7 Å². The van der Waals surface area contributed by atoms with Gasteiger partial charge in [-0.3, -0.25) is 35.2 Å². The summed E-state index contributed by atoms with van der Waals surface area (Å²) in [7, 11) is 1.84. The van der Waals surface area contributed by atoms with Crippen molar-refractivity contribution in [3.8, 4) is 0 Å². The Balaban J connectivity index is 1.85. The van der Waals surface area contributed by atoms with E-state index in [1.807, 2.05) is 20.9 Å². The molecule has 2 aromatic rings. The molecule has 2 amide bonds. The second kappa shape index (κ2) is 7.56. The highest BCUT2D eigenvalue weighted by Gasteiger charge is 2.13. The third-order valence-corrected chi connectivity index (χ3v) is 3.92. The maximum Gasteiger partial charge on any atom is 0.269 e. The molecule has 0 aliphatic heterocycles. The lowest BCUT2D eigenvalue weighted by Crippen LogP contribution is -2.41. The lowest BCUT2D eigenvalue weighted by Gasteiger charge is -2.07. The smallest absolute Gasteiger partial charge is 0.269 e. The van der Waals surface area contributed by atoms with Gasteiger partial charge in [-0.1, -0.05) is 0 Å². The summed E-state index contributed by atoms with van der Waals surface area (Å²) in [5.74, 6) is -0.880. The number of hydrogen-bond donors (Lipinski definition) is 2. The quantitative estimate of drug-likeness (QED) is 0.626. The van der Waals surface area contributed by atoms with E-state index in [1.165, 1.54) is 24.3 Å². The molecule has 0 fully saturated rings. The molecule has 0 saturated heterocycles. The monoisotopic (exact) mass is 345 g/mol. The first-order valence-corrected chi connectivity index (χ1v) is 7.62. The summed E-state index contributed by atoms with van der Waals surface area (Å²) in [6.45, 7) is 3.82. The summed E-state index contributed by atoms with van der Waals surface area (Å²) < 4.78 is 1.76. The number of hydrazine groups is 1. The molecule has 0 radical (unpaired) electrons. The molecule has 2 N–H and O–H groups in total. The summed E-state index contributed by atoms with van der Waals surface area (Å²) >= 11 is 0. The van der Waals surface area contributed by atoms with Gasteiger partial charge in [0.1, 0.15) is 0 Å². The van der Waals surface area contributed by atoms with E-state index >= 15 is 0 Å². The Labute approximate surface area is 144 Å². The number of nitrogens with one attached hydrogen (secondary N) is 2. The summed E-state index contributed by atoms with van der Waals surface area (Å²) in [5, 5.41) is 14.9. The van der Waals surface area contributed by atoms with Crippen molar-refractivity contribution < 1.29 is 14.5 Å². The van der Waals surface area contributed by atoms with Gasteiger partial charge in [0, 0.05) is 36.9 Å². The molecule has 0 spiro atoms. The first kappa shape index (κ1) is 18.1. The fourth-order valence-corrected chi connectivity index (χ4v) is 2.41. The average molecular weight is 345 g/mol. The molecule has 0 bridgehead atoms. The van der Waals surface area contributed by atoms with Crippen molar-refractivity contribution in [3.63, 3.8) is 0 Å². The standard InChI is InChI=1S/C16H19N5O4/c1-10-14(11(2)20(3)19-10)8-9-15(22)17-18-16(23)12-4-6-13(7-5-12)21(24)25/h4-7H,8-9H2,1-3H3,(H,17,22)(H,18,23). The van der Waals surface area contributed by atoms with Gasteiger partial charge in [0.2, 0.25) is 5.91 Å². The average Bonchev–Trinajstić information content (AvgIpc) is 2.83. The molecule has 9 nitrogen and oxygen atoms in total. The van der Waals surface area contributed by atoms with Gasteiger partial charge in [-0.25, -0.2) is 0 Å². The van der Waals surface area contributed by atoms with Crippen molar-refractivity contribution in [2.45, 2.75) is 26.7 Å². The molecule has 25 heavy (non-hydrogen) atoms. The fraction of sp³-hybridized carbons (Fsp3) is 0.312. The molecule has 1 aromatic heterocycles. The van der Waals surface area contributed by atoms with E-state index in [0.717, 1.165) is 17.0 Å². The van der Waals surface area contributed by atoms with E-state index in [2.05, 4.69) is 16.0 Å². The molecular weight excluding hydrogens is 326 g/mol. The Morgan fingerprint density at radius 3 is 2.36 bits per heavy atom. The number of carbonyl (C=O) groups is 2. The number of non-ortho nitro benzene ring substituents is 1. The molecule has 0 aliphatic rings. The molecule has 0 saturated carbocycles. The second-order valence-electron chi connectivity index (χ2n) is 5.58. The Bertz CT molecular complexity index is 811. The van der Waals surface area contributed by atoms with Crippen LogP contribution in [0.4, 0.5) is 5.69 Å². The Morgan fingerprint density at radius 2 is 1.84 bits per heavy atom. The Hall–Kier alpha value is -3.23. The molecule has 1 heterocycles. The predicted molar refractivity (Wildman–Crippen MR) is 89.7 cm³/mol. The largest absolute Gasteiger partial charge is 0.273 e. The molecule has 9 heteroatoms. The van der Waals surface area contributed by atoms with Gasteiger partial charge in [-0.15, -0.1) is 0 Å². The summed E-state index contributed by atoms with van der Waals surface area (Å²) in [4.78, 5) is 33.8. The fourth-order valence-electron chi connectivity index (χ4n) is 2.41. The van der Waals surface area contributed by atoms with E-state index in [4.69, 9.17) is 0 Å². The molecule has 0 aliphatic carbocycles. The number of amides is 2. The van der Waals surface area contributed by atoms with Crippen LogP contribution in [-0.4, -0.2) is 26.5 Å². The lowest BCUT2D eigenvalue weighted by atomic mass is 10.1. The van der Waals surface area contributed by atoms with Crippen LogP contribution in [0.5, 0.6) is 0 Å². The number of aryl methyl sites for hydroxylation is 2. The zero-order valence-electron chi connectivity index (χ0n) is 14.2. The van der Waals surface area contributed by atoms with Crippen molar-refractivity contribution >= 4 is 17.5 Å².